The number of carboxylic acid groups (broad SMARTS) is 3. The molecule has 484 valence electrons. The molecule has 2 heterocycles. The first kappa shape index (κ1) is 76.1. The van der Waals surface area contributed by atoms with Crippen molar-refractivity contribution < 1.29 is 72.1 Å². The summed E-state index contributed by atoms with van der Waals surface area (Å²) in [6.07, 6.45) is 35.8. The van der Waals surface area contributed by atoms with Crippen LogP contribution >= 0.6 is 7.82 Å². The molecular weight excluding hydrogens is 1100 g/mol. The number of unbranched alkanes of at least 4 members (excludes halogenated alkanes) is 28. The predicted molar refractivity (Wildman–Crippen MR) is 327 cm³/mol. The third-order valence-corrected chi connectivity index (χ3v) is 16.9. The van der Waals surface area contributed by atoms with E-state index in [-0.39, 0.29) is 71.4 Å². The number of hydrogen-bond donors (Lipinski definition) is 5. The number of carbonyl (C=O) groups is 6. The van der Waals surface area contributed by atoms with E-state index in [1.807, 2.05) is 6.92 Å². The molecule has 0 fully saturated rings. The highest BCUT2D eigenvalue weighted by Gasteiger charge is 2.32. The van der Waals surface area contributed by atoms with Gasteiger partial charge in [-0.2, -0.15) is 0 Å². The van der Waals surface area contributed by atoms with Crippen LogP contribution in [0.4, 0.5) is 0 Å². The highest BCUT2D eigenvalue weighted by molar-refractivity contribution is 7.47. The molecule has 0 spiro atoms. The molecule has 84 heavy (non-hydrogen) atoms. The van der Waals surface area contributed by atoms with E-state index in [9.17, 15) is 53.5 Å². The summed E-state index contributed by atoms with van der Waals surface area (Å²) < 4.78 is 34.5. The van der Waals surface area contributed by atoms with Gasteiger partial charge in [-0.3, -0.25) is 52.6 Å². The zero-order chi connectivity index (χ0) is 61.5. The SMILES string of the molecule is CCCCCCCCCCCCCCCCCC(=O)OCC(COP(=O)(O)OCCNC(=O)CCC(C(=O)O)N1CCN(CC(=O)O)CCCC(C)(CC(=O)O)Cc2cccc(n2)C1)OC(=O)CCCCCCCCCCCCCCCCC. The van der Waals surface area contributed by atoms with Crippen molar-refractivity contribution in [2.75, 3.05) is 52.5 Å². The maximum Gasteiger partial charge on any atom is 0.472 e. The van der Waals surface area contributed by atoms with Gasteiger partial charge in [-0.1, -0.05) is 207 Å². The number of hydrogen-bond acceptors (Lipinski definition) is 14. The van der Waals surface area contributed by atoms with Gasteiger partial charge in [-0.15, -0.1) is 0 Å². The molecule has 0 saturated heterocycles. The average molecular weight is 1210 g/mol. The highest BCUT2D eigenvalue weighted by atomic mass is 31.2. The molecule has 1 aromatic rings. The molecule has 0 radical (unpaired) electrons. The molecule has 0 aliphatic carbocycles. The standard InChI is InChI=1S/C64H113N4O15P/c1-4-6-8-10-12-14-16-18-20-22-24-26-28-30-32-38-61(74)80-52-56(83-62(75)39-33-31-29-27-25-23-21-19-17-15-13-11-9-7-5-2)53-82-84(78,79)81-47-43-65-58(69)41-40-57(63(76)77)68-46-45-67(51-60(72)73)44-35-42-64(3,49-59(70)71)48-54-36-34-37-55(50-68)66-54/h34,36-37,56-57H,4-33,35,38-53H2,1-3H3,(H,65,69)(H,70,71)(H,72,73)(H,76,77)(H,78,79). The zero-order valence-electron chi connectivity index (χ0n) is 52.2. The predicted octanol–water partition coefficient (Wildman–Crippen LogP) is 13.5. The Hall–Kier alpha value is -4.00. The molecule has 19 nitrogen and oxygen atoms in total. The number of nitrogens with zero attached hydrogens (tertiary/aromatic N) is 3. The van der Waals surface area contributed by atoms with Crippen LogP contribution in [0.3, 0.4) is 0 Å². The van der Waals surface area contributed by atoms with Crippen LogP contribution in [0.5, 0.6) is 0 Å². The Balaban J connectivity index is 1.90. The summed E-state index contributed by atoms with van der Waals surface area (Å²) in [7, 11) is -4.77. The molecule has 0 aromatic carbocycles. The van der Waals surface area contributed by atoms with Crippen LogP contribution in [-0.2, 0) is 64.8 Å². The Morgan fingerprint density at radius 2 is 1.13 bits per heavy atom. The summed E-state index contributed by atoms with van der Waals surface area (Å²) in [5.41, 5.74) is 0.523. The highest BCUT2D eigenvalue weighted by Crippen LogP contribution is 2.43. The lowest BCUT2D eigenvalue weighted by Crippen LogP contribution is -2.46. The first-order chi connectivity index (χ1) is 40.4. The Morgan fingerprint density at radius 3 is 1.63 bits per heavy atom. The topological polar surface area (TPSA) is 269 Å². The van der Waals surface area contributed by atoms with Crippen molar-refractivity contribution >= 4 is 43.6 Å². The number of phosphoric ester groups is 1. The fourth-order valence-corrected chi connectivity index (χ4v) is 11.8. The molecular formula is C64H113N4O15P. The van der Waals surface area contributed by atoms with Gasteiger partial charge in [0.2, 0.25) is 5.91 Å². The lowest BCUT2D eigenvalue weighted by molar-refractivity contribution is -0.161. The van der Waals surface area contributed by atoms with Gasteiger partial charge in [0.15, 0.2) is 6.10 Å². The van der Waals surface area contributed by atoms with E-state index >= 15 is 0 Å². The number of pyridine rings is 1. The second-order valence-electron chi connectivity index (χ2n) is 24.0. The third-order valence-electron chi connectivity index (χ3n) is 15.9. The number of amides is 1. The summed E-state index contributed by atoms with van der Waals surface area (Å²) >= 11 is 0. The van der Waals surface area contributed by atoms with Crippen molar-refractivity contribution in [2.24, 2.45) is 5.41 Å². The van der Waals surface area contributed by atoms with Crippen molar-refractivity contribution in [2.45, 2.75) is 283 Å². The summed E-state index contributed by atoms with van der Waals surface area (Å²) in [6, 6.07) is 4.14. The number of ether oxygens (including phenoxy) is 2. The number of esters is 2. The minimum absolute atomic E-state index is 0.0597. The maximum atomic E-state index is 13.1. The van der Waals surface area contributed by atoms with E-state index in [1.54, 1.807) is 28.0 Å². The molecule has 5 N–H and O–H groups in total. The van der Waals surface area contributed by atoms with Crippen LogP contribution in [0.2, 0.25) is 0 Å². The summed E-state index contributed by atoms with van der Waals surface area (Å²) in [5, 5.41) is 32.4. The number of nitrogens with one attached hydrogen (secondary N) is 1. The number of carboxylic acids is 3. The number of rotatable bonds is 51. The van der Waals surface area contributed by atoms with Crippen molar-refractivity contribution in [3.8, 4) is 0 Å². The van der Waals surface area contributed by atoms with E-state index in [2.05, 4.69) is 19.2 Å². The van der Waals surface area contributed by atoms with Gasteiger partial charge in [-0.05, 0) is 62.6 Å². The summed E-state index contributed by atoms with van der Waals surface area (Å²) in [4.78, 5) is 94.1. The van der Waals surface area contributed by atoms with Gasteiger partial charge in [0.25, 0.3) is 0 Å². The van der Waals surface area contributed by atoms with E-state index in [0.717, 1.165) is 38.5 Å². The smallest absolute Gasteiger partial charge is 0.472 e. The second kappa shape index (κ2) is 48.1. The van der Waals surface area contributed by atoms with Crippen molar-refractivity contribution in [3.63, 3.8) is 0 Å². The monoisotopic (exact) mass is 1210 g/mol. The lowest BCUT2D eigenvalue weighted by atomic mass is 9.78. The molecule has 1 aliphatic rings. The van der Waals surface area contributed by atoms with Gasteiger partial charge < -0.3 is 35.0 Å². The molecule has 1 amide bonds. The molecule has 4 unspecified atom stereocenters. The van der Waals surface area contributed by atoms with Gasteiger partial charge in [0.05, 0.1) is 31.9 Å². The zero-order valence-corrected chi connectivity index (χ0v) is 53.1. The Bertz CT molecular complexity index is 2000. The van der Waals surface area contributed by atoms with Gasteiger partial charge in [0, 0.05) is 51.1 Å². The minimum Gasteiger partial charge on any atom is -0.481 e. The normalized spacial score (nSPS) is 16.8. The number of carbonyl (C=O) groups excluding carboxylic acids is 3. The van der Waals surface area contributed by atoms with Gasteiger partial charge >= 0.3 is 37.7 Å². The largest absolute Gasteiger partial charge is 0.481 e. The van der Waals surface area contributed by atoms with Crippen LogP contribution in [-0.4, -0.2) is 135 Å². The first-order valence-electron chi connectivity index (χ1n) is 32.8. The first-order valence-corrected chi connectivity index (χ1v) is 34.2. The number of phosphoric acid groups is 1. The number of fused-ring (bicyclic) bond motifs is 2. The second-order valence-corrected chi connectivity index (χ2v) is 25.4. The number of aliphatic carboxylic acids is 3. The summed E-state index contributed by atoms with van der Waals surface area (Å²) in [6.45, 7) is 5.12. The molecule has 20 heteroatoms. The van der Waals surface area contributed by atoms with E-state index < -0.39 is 74.4 Å². The van der Waals surface area contributed by atoms with Gasteiger partial charge in [0.1, 0.15) is 12.6 Å². The van der Waals surface area contributed by atoms with Crippen LogP contribution < -0.4 is 5.32 Å². The van der Waals surface area contributed by atoms with Gasteiger partial charge in [-0.25, -0.2) is 4.57 Å². The molecule has 1 aromatic heterocycles. The van der Waals surface area contributed by atoms with Crippen LogP contribution in [0.1, 0.15) is 270 Å². The molecule has 1 aliphatic heterocycles. The van der Waals surface area contributed by atoms with Crippen molar-refractivity contribution in [1.82, 2.24) is 20.1 Å². The Kier molecular flexibility index (Phi) is 43.5. The van der Waals surface area contributed by atoms with E-state index in [1.165, 1.54) is 141 Å². The van der Waals surface area contributed by atoms with Crippen molar-refractivity contribution in [1.29, 1.82) is 0 Å². The molecule has 0 saturated carbocycles. The van der Waals surface area contributed by atoms with E-state index in [0.29, 0.717) is 50.0 Å². The maximum absolute atomic E-state index is 13.1. The quantitative estimate of drug-likeness (QED) is 0.0230. The molecule has 2 rings (SSSR count). The summed E-state index contributed by atoms with van der Waals surface area (Å²) in [5.74, 6) is -4.77. The van der Waals surface area contributed by atoms with Crippen molar-refractivity contribution in [3.05, 3.63) is 29.6 Å². The van der Waals surface area contributed by atoms with Crippen LogP contribution in [0, 0.1) is 5.41 Å². The lowest BCUT2D eigenvalue weighted by Gasteiger charge is -2.31. The van der Waals surface area contributed by atoms with Crippen LogP contribution in [0.15, 0.2) is 18.2 Å². The van der Waals surface area contributed by atoms with E-state index in [4.69, 9.17) is 23.5 Å². The average Bonchev–Trinajstić information content (AvgIpc) is 3.67. The molecule has 4 atom stereocenters. The molecule has 2 bridgehead atoms. The third kappa shape index (κ3) is 41.2. The number of aromatic nitrogens is 1. The fourth-order valence-electron chi connectivity index (χ4n) is 11.1. The minimum atomic E-state index is -4.77. The van der Waals surface area contributed by atoms with Crippen LogP contribution in [0.25, 0.3) is 0 Å². The fraction of sp³-hybridized carbons (Fsp3) is 0.828. The Labute approximate surface area is 504 Å². The Morgan fingerprint density at radius 1 is 0.631 bits per heavy atom.